The van der Waals surface area contributed by atoms with Crippen molar-refractivity contribution in [1.29, 1.82) is 0 Å². The third-order valence-corrected chi connectivity index (χ3v) is 7.75. The summed E-state index contributed by atoms with van der Waals surface area (Å²) in [7, 11) is 7.04. The van der Waals surface area contributed by atoms with Crippen molar-refractivity contribution in [1.82, 2.24) is 0 Å². The Morgan fingerprint density at radius 1 is 1.00 bits per heavy atom. The fourth-order valence-corrected chi connectivity index (χ4v) is 6.46. The summed E-state index contributed by atoms with van der Waals surface area (Å²) in [6.07, 6.45) is 0. The first kappa shape index (κ1) is 12.6. The van der Waals surface area contributed by atoms with Crippen molar-refractivity contribution in [2.24, 2.45) is 0 Å². The lowest BCUT2D eigenvalue weighted by Crippen LogP contribution is -1.80. The average Bonchev–Trinajstić information content (AvgIpc) is 2.25. The predicted molar refractivity (Wildman–Crippen MR) is 72.5 cm³/mol. The highest BCUT2D eigenvalue weighted by atomic mass is 33.7. The smallest absolute Gasteiger partial charge is 0.0530 e. The van der Waals surface area contributed by atoms with Crippen molar-refractivity contribution in [3.8, 4) is 0 Å². The summed E-state index contributed by atoms with van der Waals surface area (Å²) in [5.74, 6) is 1.85. The third-order valence-electron chi connectivity index (χ3n) is 1.37. The van der Waals surface area contributed by atoms with Crippen molar-refractivity contribution < 1.29 is 5.11 Å². The Kier molecular flexibility index (Phi) is 8.00. The minimum atomic E-state index is 0.265. The van der Waals surface area contributed by atoms with Gasteiger partial charge in [-0.2, -0.15) is 0 Å². The van der Waals surface area contributed by atoms with Crippen LogP contribution in [0.3, 0.4) is 0 Å². The summed E-state index contributed by atoms with van der Waals surface area (Å²) in [6, 6.07) is 10.4. The van der Waals surface area contributed by atoms with Gasteiger partial charge in [-0.1, -0.05) is 51.9 Å². The van der Waals surface area contributed by atoms with Crippen LogP contribution < -0.4 is 0 Å². The Labute approximate surface area is 100 Å². The second-order valence-electron chi connectivity index (χ2n) is 2.43. The molecule has 0 heterocycles. The number of hydrogen-bond donors (Lipinski definition) is 1. The van der Waals surface area contributed by atoms with E-state index in [-0.39, 0.29) is 6.61 Å². The molecule has 14 heavy (non-hydrogen) atoms. The van der Waals surface area contributed by atoms with Crippen molar-refractivity contribution in [2.75, 3.05) is 12.4 Å². The highest BCUT2D eigenvalue weighted by Crippen LogP contribution is 2.43. The molecule has 0 saturated heterocycles. The highest BCUT2D eigenvalue weighted by molar-refractivity contribution is 9.26. The standard InChI is InChI=1S/C9H12OS4/c10-6-7-11-13-14-12-8-9-4-2-1-3-5-9/h1-5,10H,6-8H2. The molecule has 0 aliphatic rings. The van der Waals surface area contributed by atoms with Crippen LogP contribution in [0.4, 0.5) is 0 Å². The van der Waals surface area contributed by atoms with Crippen LogP contribution in [-0.2, 0) is 5.75 Å². The lowest BCUT2D eigenvalue weighted by molar-refractivity contribution is 0.323. The summed E-state index contributed by atoms with van der Waals surface area (Å²) in [4.78, 5) is 0. The molecule has 0 radical (unpaired) electrons. The molecule has 0 fully saturated rings. The molecule has 0 unspecified atom stereocenters. The molecule has 1 aromatic rings. The zero-order chi connectivity index (χ0) is 10.1. The summed E-state index contributed by atoms with van der Waals surface area (Å²) >= 11 is 0. The summed E-state index contributed by atoms with van der Waals surface area (Å²) in [6.45, 7) is 0.265. The van der Waals surface area contributed by atoms with Crippen molar-refractivity contribution >= 4 is 41.2 Å². The fourth-order valence-electron chi connectivity index (χ4n) is 0.777. The van der Waals surface area contributed by atoms with Gasteiger partial charge in [0.1, 0.15) is 0 Å². The SMILES string of the molecule is OCCSSSSCc1ccccc1. The Bertz CT molecular complexity index is 230. The zero-order valence-electron chi connectivity index (χ0n) is 7.59. The van der Waals surface area contributed by atoms with E-state index in [2.05, 4.69) is 24.3 Å². The normalized spacial score (nSPS) is 10.4. The van der Waals surface area contributed by atoms with E-state index in [1.54, 1.807) is 30.4 Å². The van der Waals surface area contributed by atoms with E-state index < -0.39 is 0 Å². The fraction of sp³-hybridized carbons (Fsp3) is 0.333. The van der Waals surface area contributed by atoms with Gasteiger partial charge in [-0.15, -0.1) is 0 Å². The van der Waals surface area contributed by atoms with Gasteiger partial charge >= 0.3 is 0 Å². The maximum absolute atomic E-state index is 8.55. The molecule has 1 aromatic carbocycles. The van der Waals surface area contributed by atoms with Gasteiger partial charge in [0.25, 0.3) is 0 Å². The van der Waals surface area contributed by atoms with Gasteiger partial charge in [0.05, 0.1) is 6.61 Å². The molecule has 0 bridgehead atoms. The minimum absolute atomic E-state index is 0.265. The number of rotatable bonds is 7. The van der Waals surface area contributed by atoms with Gasteiger partial charge in [0, 0.05) is 11.5 Å². The van der Waals surface area contributed by atoms with E-state index in [0.717, 1.165) is 11.5 Å². The van der Waals surface area contributed by atoms with Gasteiger partial charge < -0.3 is 5.11 Å². The van der Waals surface area contributed by atoms with Crippen molar-refractivity contribution in [3.05, 3.63) is 35.9 Å². The third kappa shape index (κ3) is 6.14. The van der Waals surface area contributed by atoms with E-state index in [4.69, 9.17) is 5.11 Å². The highest BCUT2D eigenvalue weighted by Gasteiger charge is 1.94. The van der Waals surface area contributed by atoms with Gasteiger partial charge in [-0.25, -0.2) is 0 Å². The average molecular weight is 264 g/mol. The van der Waals surface area contributed by atoms with Crippen LogP contribution in [0.2, 0.25) is 0 Å². The van der Waals surface area contributed by atoms with E-state index >= 15 is 0 Å². The van der Waals surface area contributed by atoms with E-state index in [1.807, 2.05) is 16.9 Å². The first-order valence-corrected chi connectivity index (χ1v) is 9.31. The molecule has 1 nitrogen and oxygen atoms in total. The van der Waals surface area contributed by atoms with Crippen molar-refractivity contribution in [3.63, 3.8) is 0 Å². The van der Waals surface area contributed by atoms with Gasteiger partial charge in [-0.05, 0) is 25.2 Å². The molecule has 1 N–H and O–H groups in total. The molecule has 0 aliphatic carbocycles. The predicted octanol–water partition coefficient (Wildman–Crippen LogP) is 3.86. The van der Waals surface area contributed by atoms with E-state index in [1.165, 1.54) is 5.56 Å². The first-order chi connectivity index (χ1) is 6.93. The maximum atomic E-state index is 8.55. The van der Waals surface area contributed by atoms with Crippen LogP contribution in [0.15, 0.2) is 30.3 Å². The largest absolute Gasteiger partial charge is 0.395 e. The number of benzene rings is 1. The van der Waals surface area contributed by atoms with Gasteiger partial charge in [-0.3, -0.25) is 0 Å². The summed E-state index contributed by atoms with van der Waals surface area (Å²) < 4.78 is 0. The quantitative estimate of drug-likeness (QED) is 0.594. The molecule has 0 aliphatic heterocycles. The molecule has 78 valence electrons. The lowest BCUT2D eigenvalue weighted by Gasteiger charge is -1.99. The second kappa shape index (κ2) is 8.85. The Morgan fingerprint density at radius 2 is 1.71 bits per heavy atom. The lowest BCUT2D eigenvalue weighted by atomic mass is 10.2. The Balaban J connectivity index is 1.99. The zero-order valence-corrected chi connectivity index (χ0v) is 10.9. The monoisotopic (exact) mass is 264 g/mol. The molecular weight excluding hydrogens is 252 g/mol. The summed E-state index contributed by atoms with van der Waals surface area (Å²) in [5, 5.41) is 8.55. The van der Waals surface area contributed by atoms with E-state index in [9.17, 15) is 0 Å². The second-order valence-corrected chi connectivity index (χ2v) is 8.55. The molecular formula is C9H12OS4. The number of hydrogen-bond acceptors (Lipinski definition) is 5. The van der Waals surface area contributed by atoms with Crippen LogP contribution in [0.1, 0.15) is 5.56 Å². The Morgan fingerprint density at radius 3 is 2.43 bits per heavy atom. The number of aliphatic hydroxyl groups excluding tert-OH is 1. The molecule has 0 amide bonds. The molecule has 0 saturated carbocycles. The first-order valence-electron chi connectivity index (χ1n) is 4.16. The molecule has 1 rings (SSSR count). The molecule has 0 aromatic heterocycles. The van der Waals surface area contributed by atoms with Gasteiger partial charge in [0.2, 0.25) is 0 Å². The van der Waals surface area contributed by atoms with Crippen LogP contribution >= 0.6 is 41.2 Å². The minimum Gasteiger partial charge on any atom is -0.395 e. The Hall–Kier alpha value is 0.580. The maximum Gasteiger partial charge on any atom is 0.0530 e. The van der Waals surface area contributed by atoms with Crippen molar-refractivity contribution in [2.45, 2.75) is 5.75 Å². The van der Waals surface area contributed by atoms with Crippen LogP contribution in [0, 0.1) is 0 Å². The molecule has 0 spiro atoms. The van der Waals surface area contributed by atoms with Crippen LogP contribution in [-0.4, -0.2) is 17.5 Å². The van der Waals surface area contributed by atoms with Gasteiger partial charge in [0.15, 0.2) is 0 Å². The summed E-state index contributed by atoms with van der Waals surface area (Å²) in [5.41, 5.74) is 1.36. The number of aliphatic hydroxyl groups is 1. The molecule has 0 atom stereocenters. The van der Waals surface area contributed by atoms with E-state index in [0.29, 0.717) is 0 Å². The van der Waals surface area contributed by atoms with Crippen LogP contribution in [0.5, 0.6) is 0 Å². The van der Waals surface area contributed by atoms with Crippen LogP contribution in [0.25, 0.3) is 0 Å². The molecule has 5 heteroatoms. The topological polar surface area (TPSA) is 20.2 Å².